The van der Waals surface area contributed by atoms with Crippen LogP contribution in [0.2, 0.25) is 10.3 Å². The van der Waals surface area contributed by atoms with Crippen LogP contribution < -0.4 is 11.5 Å². The van der Waals surface area contributed by atoms with Gasteiger partial charge in [0, 0.05) is 90.4 Å². The van der Waals surface area contributed by atoms with E-state index in [1.54, 1.807) is 26.9 Å². The number of methoxy groups -OCH3 is 2. The third-order valence-electron chi connectivity index (χ3n) is 12.1. The van der Waals surface area contributed by atoms with Crippen molar-refractivity contribution in [3.63, 3.8) is 0 Å². The molecular formula is C56H80Cl2F2N8O7. The maximum Gasteiger partial charge on any atom is 0.404 e. The van der Waals surface area contributed by atoms with Gasteiger partial charge in [0.25, 0.3) is 0 Å². The van der Waals surface area contributed by atoms with E-state index in [-0.39, 0.29) is 31.1 Å². The van der Waals surface area contributed by atoms with Crippen LogP contribution in [0.5, 0.6) is 0 Å². The molecule has 7 rings (SSSR count). The summed E-state index contributed by atoms with van der Waals surface area (Å²) in [5, 5.41) is 1.09. The molecule has 2 aromatic heterocycles. The summed E-state index contributed by atoms with van der Waals surface area (Å²) in [5.41, 5.74) is 14.3. The van der Waals surface area contributed by atoms with E-state index in [1.165, 1.54) is 7.11 Å². The van der Waals surface area contributed by atoms with E-state index in [9.17, 15) is 23.2 Å². The van der Waals surface area contributed by atoms with Crippen LogP contribution in [-0.4, -0.2) is 121 Å². The number of benzene rings is 2. The highest BCUT2D eigenvalue weighted by Crippen LogP contribution is 2.38. The molecule has 0 spiro atoms. The fourth-order valence-electron chi connectivity index (χ4n) is 7.65. The fraction of sp³-hybridized carbons (Fsp3) is 0.500. The van der Waals surface area contributed by atoms with Crippen LogP contribution >= 0.6 is 23.2 Å². The number of terminal acetylenes is 3. The molecule has 1 saturated carbocycles. The number of imidazole rings is 2. The maximum atomic E-state index is 13.0. The zero-order valence-corrected chi connectivity index (χ0v) is 46.4. The second kappa shape index (κ2) is 40.9. The summed E-state index contributed by atoms with van der Waals surface area (Å²) >= 11 is 12.1. The van der Waals surface area contributed by atoms with E-state index in [1.807, 2.05) is 41.1 Å². The largest absolute Gasteiger partial charge is 0.453 e. The van der Waals surface area contributed by atoms with Gasteiger partial charge in [-0.3, -0.25) is 14.4 Å². The third-order valence-corrected chi connectivity index (χ3v) is 12.6. The molecule has 4 amide bonds. The zero-order valence-electron chi connectivity index (χ0n) is 44.9. The van der Waals surface area contributed by atoms with Crippen molar-refractivity contribution in [1.29, 1.82) is 0 Å². The minimum atomic E-state index is -2.49. The number of carbonyl (C=O) groups is 4. The lowest BCUT2D eigenvalue weighted by molar-refractivity contribution is -0.134. The first-order chi connectivity index (χ1) is 35.8. The number of primary amides is 2. The van der Waals surface area contributed by atoms with Gasteiger partial charge >= 0.3 is 6.09 Å². The number of nitrogens with two attached hydrogens (primary N) is 2. The number of carbonyl (C=O) groups excluding carboxylic acids is 4. The van der Waals surface area contributed by atoms with Crippen molar-refractivity contribution >= 4 is 47.5 Å². The van der Waals surface area contributed by atoms with E-state index < -0.39 is 12.0 Å². The van der Waals surface area contributed by atoms with Gasteiger partial charge in [0.15, 0.2) is 0 Å². The topological polar surface area (TPSA) is 212 Å². The SMILES string of the molecule is C#C.C#C.C#C.CC(C)CCN(C)C(=O)CC1CCOCC1.CC1[C@H](C)CCN1C(=O)CC1CCC(F)(F)CC1.COC.COC(N)=O.Clc1[nH]cnc1-c1ccc(-c2ccc(-c3nc[nH]c3Cl)cc2)cc1.NC=O. The number of alkyl halides is 2. The van der Waals surface area contributed by atoms with E-state index in [0.29, 0.717) is 65.7 Å². The number of halogens is 4. The maximum absolute atomic E-state index is 13.0. The molecule has 6 N–H and O–H groups in total. The summed E-state index contributed by atoms with van der Waals surface area (Å²) in [6, 6.07) is 16.6. The Labute approximate surface area is 454 Å². The minimum absolute atomic E-state index is 0.0447. The normalized spacial score (nSPS) is 16.1. The van der Waals surface area contributed by atoms with E-state index in [4.69, 9.17) is 32.7 Å². The Morgan fingerprint density at radius 1 is 0.800 bits per heavy atom. The average Bonchev–Trinajstić information content (AvgIpc) is 4.15. The molecule has 75 heavy (non-hydrogen) atoms. The van der Waals surface area contributed by atoms with Crippen molar-refractivity contribution in [3.05, 3.63) is 71.5 Å². The average molecular weight is 1090 g/mol. The number of aromatic nitrogens is 4. The molecule has 3 aliphatic rings. The smallest absolute Gasteiger partial charge is 0.404 e. The summed E-state index contributed by atoms with van der Waals surface area (Å²) in [5.74, 6) is -0.0878. The van der Waals surface area contributed by atoms with Crippen molar-refractivity contribution in [2.24, 2.45) is 35.1 Å². The van der Waals surface area contributed by atoms with Crippen LogP contribution in [0.1, 0.15) is 91.9 Å². The molecule has 0 radical (unpaired) electrons. The summed E-state index contributed by atoms with van der Waals surface area (Å²) in [6.45, 7) is 12.0. The first-order valence-electron chi connectivity index (χ1n) is 24.3. The predicted molar refractivity (Wildman–Crippen MR) is 298 cm³/mol. The number of aromatic amines is 2. The van der Waals surface area contributed by atoms with Crippen LogP contribution in [0.3, 0.4) is 0 Å². The van der Waals surface area contributed by atoms with Crippen molar-refractivity contribution < 1.29 is 42.2 Å². The highest BCUT2D eigenvalue weighted by molar-refractivity contribution is 6.32. The molecule has 2 saturated heterocycles. The Bertz CT molecular complexity index is 2120. The van der Waals surface area contributed by atoms with E-state index in [0.717, 1.165) is 85.6 Å². The lowest BCUT2D eigenvalue weighted by Crippen LogP contribution is -2.37. The number of nitrogens with zero attached hydrogens (tertiary/aromatic N) is 4. The molecule has 15 nitrogen and oxygen atoms in total. The summed E-state index contributed by atoms with van der Waals surface area (Å²) in [6.07, 6.45) is 33.0. The summed E-state index contributed by atoms with van der Waals surface area (Å²) in [4.78, 5) is 60.1. The lowest BCUT2D eigenvalue weighted by atomic mass is 9.84. The standard InChI is InChI=1S/C18H12Cl2N4.C14H23F2NO.C13H25NO2.C2H5NO2.C2H6O.3C2H2.CH3NO/c19-17-15(21-9-23-17)13-5-1-11(2-6-13)12-3-7-14(8-4-12)16-18(20)24-10-22-16;1-10-5-8-17(11(10)2)13(18)9-12-3-6-14(15,16)7-4-12;1-11(2)4-7-14(3)13(15)10-12-5-8-16-9-6-12;1-5-2(3)4;1-3-2;3*1-2;2-1-3/h1-10H,(H,21,23)(H,22,24);10-12H,3-9H2,1-2H3;11-12H,4-10H2,1-3H3;1H3,(H2,3,4);1-2H3;3*1-2H;1H,(H2,2,3)/t;10-,11?;;;;;;;/m.1......./s1. The molecule has 1 unspecified atom stereocenters. The van der Waals surface area contributed by atoms with Crippen LogP contribution in [0.25, 0.3) is 33.6 Å². The molecule has 4 heterocycles. The van der Waals surface area contributed by atoms with Gasteiger partial charge in [-0.2, -0.15) is 0 Å². The first kappa shape index (κ1) is 70.7. The first-order valence-corrected chi connectivity index (χ1v) is 25.0. The van der Waals surface area contributed by atoms with Crippen LogP contribution in [0.4, 0.5) is 13.6 Å². The predicted octanol–water partition coefficient (Wildman–Crippen LogP) is 11.0. The molecule has 414 valence electrons. The van der Waals surface area contributed by atoms with Gasteiger partial charge in [-0.15, -0.1) is 38.5 Å². The Morgan fingerprint density at radius 3 is 1.52 bits per heavy atom. The highest BCUT2D eigenvalue weighted by Gasteiger charge is 2.37. The molecule has 2 aliphatic heterocycles. The number of nitrogens with one attached hydrogen (secondary N) is 2. The van der Waals surface area contributed by atoms with Gasteiger partial charge in [0.05, 0.1) is 19.8 Å². The highest BCUT2D eigenvalue weighted by atomic mass is 35.5. The lowest BCUT2D eigenvalue weighted by Gasteiger charge is -2.30. The molecule has 2 aromatic carbocycles. The molecule has 2 atom stereocenters. The summed E-state index contributed by atoms with van der Waals surface area (Å²) < 4.78 is 39.5. The Balaban J connectivity index is 0. The Hall–Kier alpha value is -6.42. The minimum Gasteiger partial charge on any atom is -0.453 e. The molecule has 1 aliphatic carbocycles. The van der Waals surface area contributed by atoms with Gasteiger partial charge in [-0.05, 0) is 80.2 Å². The number of hydrogen-bond acceptors (Lipinski definition) is 9. The number of H-pyrrole nitrogens is 2. The summed E-state index contributed by atoms with van der Waals surface area (Å²) in [7, 11) is 6.40. The van der Waals surface area contributed by atoms with E-state index in [2.05, 4.69) is 131 Å². The van der Waals surface area contributed by atoms with Crippen molar-refractivity contribution in [3.8, 4) is 72.2 Å². The zero-order chi connectivity index (χ0) is 57.5. The molecule has 4 aromatic rings. The number of likely N-dealkylation sites (tertiary alicyclic amines) is 1. The van der Waals surface area contributed by atoms with E-state index >= 15 is 0 Å². The monoisotopic (exact) mass is 1080 g/mol. The molecular weight excluding hydrogens is 1010 g/mol. The van der Waals surface area contributed by atoms with Gasteiger partial charge in [0.1, 0.15) is 21.7 Å². The quantitative estimate of drug-likeness (QED) is 0.0877. The molecule has 19 heteroatoms. The second-order valence-electron chi connectivity index (χ2n) is 17.7. The van der Waals surface area contributed by atoms with Crippen molar-refractivity contribution in [2.75, 3.05) is 54.7 Å². The fourth-order valence-corrected chi connectivity index (χ4v) is 8.06. The van der Waals surface area contributed by atoms with Gasteiger partial charge in [-0.25, -0.2) is 23.5 Å². The van der Waals surface area contributed by atoms with Gasteiger partial charge in [-0.1, -0.05) is 92.5 Å². The number of hydrogen-bond donors (Lipinski definition) is 4. The third kappa shape index (κ3) is 28.2. The van der Waals surface area contributed by atoms with Crippen molar-refractivity contribution in [2.45, 2.75) is 104 Å². The molecule has 3 fully saturated rings. The van der Waals surface area contributed by atoms with Gasteiger partial charge < -0.3 is 45.4 Å². The second-order valence-corrected chi connectivity index (χ2v) is 18.5. The Morgan fingerprint density at radius 2 is 1.19 bits per heavy atom. The number of ether oxygens (including phenoxy) is 3. The van der Waals surface area contributed by atoms with Crippen LogP contribution in [0.15, 0.2) is 61.2 Å². The Kier molecular flexibility index (Phi) is 38.5. The van der Waals surface area contributed by atoms with Crippen LogP contribution in [-0.2, 0) is 28.6 Å². The molecule has 0 bridgehead atoms. The van der Waals surface area contributed by atoms with Crippen LogP contribution in [0, 0.1) is 62.2 Å². The number of amides is 4. The number of rotatable bonds is 10. The van der Waals surface area contributed by atoms with Crippen molar-refractivity contribution in [1.82, 2.24) is 29.7 Å². The van der Waals surface area contributed by atoms with Gasteiger partial charge in [0.2, 0.25) is 24.1 Å².